The lowest BCUT2D eigenvalue weighted by Gasteiger charge is -2.29. The number of para-hydroxylation sites is 1. The fraction of sp³-hybridized carbons (Fsp3) is 0.111. The van der Waals surface area contributed by atoms with Gasteiger partial charge in [-0.2, -0.15) is 0 Å². The molecule has 4 aromatic carbocycles. The molecule has 5 nitrogen and oxygen atoms in total. The average molecular weight is 455 g/mol. The van der Waals surface area contributed by atoms with Crippen LogP contribution in [0.2, 0.25) is 5.02 Å². The SMILES string of the molecule is O=C1C2ON(c3ccccc3)C(c3cccc(Cl)c3)C2C(=O)N1c1cccc2ccccc12. The highest BCUT2D eigenvalue weighted by Crippen LogP contribution is 2.48. The van der Waals surface area contributed by atoms with E-state index in [1.54, 1.807) is 11.1 Å². The number of fused-ring (bicyclic) bond motifs is 2. The molecular weight excluding hydrogens is 436 g/mol. The van der Waals surface area contributed by atoms with Crippen LogP contribution in [0.1, 0.15) is 11.6 Å². The van der Waals surface area contributed by atoms with E-state index in [-0.39, 0.29) is 11.8 Å². The van der Waals surface area contributed by atoms with Crippen LogP contribution in [-0.4, -0.2) is 17.9 Å². The van der Waals surface area contributed by atoms with Crippen molar-refractivity contribution in [3.63, 3.8) is 0 Å². The number of imide groups is 1. The summed E-state index contributed by atoms with van der Waals surface area (Å²) in [5.74, 6) is -1.33. The summed E-state index contributed by atoms with van der Waals surface area (Å²) in [4.78, 5) is 34.9. The Balaban J connectivity index is 1.47. The van der Waals surface area contributed by atoms with Gasteiger partial charge in [0.05, 0.1) is 17.4 Å². The first-order valence-electron chi connectivity index (χ1n) is 10.8. The molecule has 2 aliphatic rings. The number of benzene rings is 4. The molecule has 2 saturated heterocycles. The quantitative estimate of drug-likeness (QED) is 0.381. The van der Waals surface area contributed by atoms with Gasteiger partial charge in [0.1, 0.15) is 5.92 Å². The van der Waals surface area contributed by atoms with E-state index >= 15 is 0 Å². The van der Waals surface area contributed by atoms with Gasteiger partial charge >= 0.3 is 0 Å². The summed E-state index contributed by atoms with van der Waals surface area (Å²) in [6.07, 6.45) is -0.916. The van der Waals surface area contributed by atoms with Gasteiger partial charge < -0.3 is 0 Å². The molecule has 2 amide bonds. The molecule has 2 aliphatic heterocycles. The van der Waals surface area contributed by atoms with E-state index in [0.717, 1.165) is 22.0 Å². The first-order valence-corrected chi connectivity index (χ1v) is 11.1. The van der Waals surface area contributed by atoms with Gasteiger partial charge in [-0.3, -0.25) is 14.4 Å². The Labute approximate surface area is 195 Å². The smallest absolute Gasteiger partial charge is 0.266 e. The Kier molecular flexibility index (Phi) is 4.68. The van der Waals surface area contributed by atoms with E-state index in [4.69, 9.17) is 16.4 Å². The zero-order valence-corrected chi connectivity index (χ0v) is 18.2. The van der Waals surface area contributed by atoms with Crippen LogP contribution in [0.3, 0.4) is 0 Å². The van der Waals surface area contributed by atoms with Crippen molar-refractivity contribution in [1.82, 2.24) is 0 Å². The molecule has 0 aromatic heterocycles. The van der Waals surface area contributed by atoms with Gasteiger partial charge in [-0.05, 0) is 41.3 Å². The van der Waals surface area contributed by atoms with Crippen LogP contribution in [0.15, 0.2) is 97.1 Å². The number of nitrogens with zero attached hydrogens (tertiary/aromatic N) is 2. The van der Waals surface area contributed by atoms with Gasteiger partial charge in [0.2, 0.25) is 5.91 Å². The van der Waals surface area contributed by atoms with Crippen molar-refractivity contribution in [1.29, 1.82) is 0 Å². The predicted octanol–water partition coefficient (Wildman–Crippen LogP) is 5.54. The number of hydroxylamine groups is 1. The zero-order chi connectivity index (χ0) is 22.5. The van der Waals surface area contributed by atoms with E-state index in [9.17, 15) is 9.59 Å². The molecule has 3 atom stereocenters. The number of anilines is 2. The number of amides is 2. The molecule has 2 fully saturated rings. The Morgan fingerprint density at radius 2 is 1.48 bits per heavy atom. The third-order valence-corrected chi connectivity index (χ3v) is 6.56. The van der Waals surface area contributed by atoms with Crippen LogP contribution < -0.4 is 9.96 Å². The maximum atomic E-state index is 13.9. The van der Waals surface area contributed by atoms with Gasteiger partial charge in [0.25, 0.3) is 5.91 Å². The average Bonchev–Trinajstić information content (AvgIpc) is 3.35. The fourth-order valence-corrected chi connectivity index (χ4v) is 5.08. The second kappa shape index (κ2) is 7.73. The minimum atomic E-state index is -0.916. The molecule has 0 radical (unpaired) electrons. The predicted molar refractivity (Wildman–Crippen MR) is 128 cm³/mol. The van der Waals surface area contributed by atoms with Crippen molar-refractivity contribution in [3.05, 3.63) is 108 Å². The first-order chi connectivity index (χ1) is 16.1. The lowest BCUT2D eigenvalue weighted by atomic mass is 9.90. The summed E-state index contributed by atoms with van der Waals surface area (Å²) in [6.45, 7) is 0. The topological polar surface area (TPSA) is 49.9 Å². The number of carbonyl (C=O) groups is 2. The molecule has 162 valence electrons. The summed E-state index contributed by atoms with van der Waals surface area (Å²) in [5, 5.41) is 4.05. The van der Waals surface area contributed by atoms with Crippen LogP contribution in [0.4, 0.5) is 11.4 Å². The van der Waals surface area contributed by atoms with Crippen LogP contribution in [-0.2, 0) is 14.4 Å². The molecule has 0 bridgehead atoms. The zero-order valence-electron chi connectivity index (χ0n) is 17.5. The Morgan fingerprint density at radius 1 is 0.758 bits per heavy atom. The van der Waals surface area contributed by atoms with E-state index in [2.05, 4.69) is 0 Å². The van der Waals surface area contributed by atoms with E-state index in [1.807, 2.05) is 91.0 Å². The van der Waals surface area contributed by atoms with Crippen molar-refractivity contribution in [3.8, 4) is 0 Å². The molecule has 4 aromatic rings. The standard InChI is InChI=1S/C27H19ClN2O3/c28-19-11-6-10-18(16-19)24-23-25(33-30(24)20-12-2-1-3-13-20)27(32)29(26(23)31)22-15-7-9-17-8-4-5-14-21(17)22/h1-16,23-25H. The van der Waals surface area contributed by atoms with Crippen molar-refractivity contribution in [2.75, 3.05) is 9.96 Å². The maximum absolute atomic E-state index is 13.9. The van der Waals surface area contributed by atoms with Crippen LogP contribution >= 0.6 is 11.6 Å². The number of hydrogen-bond donors (Lipinski definition) is 0. The molecular formula is C27H19ClN2O3. The molecule has 6 rings (SSSR count). The minimum Gasteiger partial charge on any atom is -0.273 e. The second-order valence-electron chi connectivity index (χ2n) is 8.22. The Hall–Kier alpha value is -3.67. The number of hydrogen-bond acceptors (Lipinski definition) is 4. The summed E-state index contributed by atoms with van der Waals surface area (Å²) in [5.41, 5.74) is 2.17. The number of carbonyl (C=O) groups excluding carboxylic acids is 2. The fourth-order valence-electron chi connectivity index (χ4n) is 4.88. The van der Waals surface area contributed by atoms with Crippen molar-refractivity contribution < 1.29 is 14.4 Å². The van der Waals surface area contributed by atoms with Crippen molar-refractivity contribution in [2.45, 2.75) is 12.1 Å². The lowest BCUT2D eigenvalue weighted by Crippen LogP contribution is -2.37. The largest absolute Gasteiger partial charge is 0.273 e. The minimum absolute atomic E-state index is 0.273. The Bertz CT molecular complexity index is 1390. The van der Waals surface area contributed by atoms with Gasteiger partial charge in [0, 0.05) is 10.4 Å². The summed E-state index contributed by atoms with van der Waals surface area (Å²) in [7, 11) is 0. The van der Waals surface area contributed by atoms with Crippen molar-refractivity contribution >= 4 is 45.6 Å². The van der Waals surface area contributed by atoms with Gasteiger partial charge in [-0.25, -0.2) is 9.96 Å². The molecule has 33 heavy (non-hydrogen) atoms. The monoisotopic (exact) mass is 454 g/mol. The Morgan fingerprint density at radius 3 is 2.30 bits per heavy atom. The van der Waals surface area contributed by atoms with Crippen molar-refractivity contribution in [2.24, 2.45) is 5.92 Å². The second-order valence-corrected chi connectivity index (χ2v) is 8.66. The normalized spacial score (nSPS) is 22.3. The molecule has 0 aliphatic carbocycles. The van der Waals surface area contributed by atoms with Crippen LogP contribution in [0.5, 0.6) is 0 Å². The molecule has 0 saturated carbocycles. The number of halogens is 1. The third-order valence-electron chi connectivity index (χ3n) is 6.32. The maximum Gasteiger partial charge on any atom is 0.266 e. The van der Waals surface area contributed by atoms with Crippen LogP contribution in [0, 0.1) is 5.92 Å². The highest BCUT2D eigenvalue weighted by atomic mass is 35.5. The summed E-state index contributed by atoms with van der Waals surface area (Å²) < 4.78 is 0. The lowest BCUT2D eigenvalue weighted by molar-refractivity contribution is -0.126. The molecule has 0 N–H and O–H groups in total. The highest BCUT2D eigenvalue weighted by molar-refractivity contribution is 6.30. The van der Waals surface area contributed by atoms with E-state index in [1.165, 1.54) is 4.90 Å². The molecule has 0 spiro atoms. The molecule has 6 heteroatoms. The van der Waals surface area contributed by atoms with E-state index in [0.29, 0.717) is 10.7 Å². The van der Waals surface area contributed by atoms with Crippen LogP contribution in [0.25, 0.3) is 10.8 Å². The summed E-state index contributed by atoms with van der Waals surface area (Å²) >= 11 is 6.29. The van der Waals surface area contributed by atoms with Gasteiger partial charge in [-0.15, -0.1) is 0 Å². The van der Waals surface area contributed by atoms with E-state index < -0.39 is 18.1 Å². The van der Waals surface area contributed by atoms with Gasteiger partial charge in [-0.1, -0.05) is 78.3 Å². The van der Waals surface area contributed by atoms with Gasteiger partial charge in [0.15, 0.2) is 6.10 Å². The molecule has 2 heterocycles. The summed E-state index contributed by atoms with van der Waals surface area (Å²) in [6, 6.07) is 29.7. The first kappa shape index (κ1) is 20.0. The molecule has 3 unspecified atom stereocenters. The highest BCUT2D eigenvalue weighted by Gasteiger charge is 2.60. The number of rotatable bonds is 3. The third kappa shape index (κ3) is 3.12.